The Morgan fingerprint density at radius 1 is 1.08 bits per heavy atom. The molecule has 0 bridgehead atoms. The van der Waals surface area contributed by atoms with Crippen LogP contribution in [0.2, 0.25) is 5.15 Å². The standard InChI is InChI=1S/C10H6ClN2/c11-10-9(12-6-7-13-10)8-4-2-1-3-5-8/h2-7H. The van der Waals surface area contributed by atoms with Gasteiger partial charge >= 0.3 is 0 Å². The monoisotopic (exact) mass is 189 g/mol. The molecule has 1 aromatic carbocycles. The number of rotatable bonds is 1. The van der Waals surface area contributed by atoms with Gasteiger partial charge in [-0.25, -0.2) is 4.98 Å². The molecule has 1 heterocycles. The summed E-state index contributed by atoms with van der Waals surface area (Å²) in [6.07, 6.45) is 3.19. The van der Waals surface area contributed by atoms with Gasteiger partial charge in [0.2, 0.25) is 0 Å². The fraction of sp³-hybridized carbons (Fsp3) is 0. The second-order valence-electron chi connectivity index (χ2n) is 2.48. The molecule has 0 aliphatic rings. The molecule has 1 radical (unpaired) electrons. The van der Waals surface area contributed by atoms with Gasteiger partial charge in [-0.1, -0.05) is 35.9 Å². The summed E-state index contributed by atoms with van der Waals surface area (Å²) < 4.78 is 0. The third-order valence-corrected chi connectivity index (χ3v) is 1.92. The summed E-state index contributed by atoms with van der Waals surface area (Å²) in [6.45, 7) is 0. The van der Waals surface area contributed by atoms with E-state index in [9.17, 15) is 0 Å². The Morgan fingerprint density at radius 2 is 1.77 bits per heavy atom. The van der Waals surface area contributed by atoms with Crippen LogP contribution in [0.25, 0.3) is 11.3 Å². The molecule has 0 saturated carbocycles. The van der Waals surface area contributed by atoms with E-state index in [1.54, 1.807) is 12.4 Å². The summed E-state index contributed by atoms with van der Waals surface area (Å²) in [4.78, 5) is 8.09. The lowest BCUT2D eigenvalue weighted by atomic mass is 10.2. The molecule has 0 unspecified atom stereocenters. The number of aromatic nitrogens is 2. The highest BCUT2D eigenvalue weighted by atomic mass is 35.5. The van der Waals surface area contributed by atoms with Crippen LogP contribution >= 0.6 is 11.6 Å². The molecule has 0 N–H and O–H groups in total. The smallest absolute Gasteiger partial charge is 0.155 e. The van der Waals surface area contributed by atoms with Crippen molar-refractivity contribution in [2.24, 2.45) is 0 Å². The Kier molecular flexibility index (Phi) is 2.23. The second kappa shape index (κ2) is 3.54. The van der Waals surface area contributed by atoms with Crippen molar-refractivity contribution in [2.45, 2.75) is 0 Å². The van der Waals surface area contributed by atoms with Gasteiger partial charge in [0.25, 0.3) is 0 Å². The maximum atomic E-state index is 5.87. The van der Waals surface area contributed by atoms with Crippen LogP contribution in [-0.2, 0) is 0 Å². The predicted molar refractivity (Wildman–Crippen MR) is 51.3 cm³/mol. The molecule has 0 aliphatic carbocycles. The summed E-state index contributed by atoms with van der Waals surface area (Å²) >= 11 is 5.87. The van der Waals surface area contributed by atoms with Gasteiger partial charge in [0, 0.05) is 18.0 Å². The van der Waals surface area contributed by atoms with E-state index in [2.05, 4.69) is 16.0 Å². The van der Waals surface area contributed by atoms with Crippen molar-refractivity contribution in [3.63, 3.8) is 0 Å². The molecule has 3 heteroatoms. The van der Waals surface area contributed by atoms with Gasteiger partial charge in [-0.05, 0) is 6.07 Å². The minimum Gasteiger partial charge on any atom is -0.251 e. The number of halogens is 1. The summed E-state index contributed by atoms with van der Waals surface area (Å²) in [5, 5.41) is 0.425. The Bertz CT molecular complexity index is 401. The van der Waals surface area contributed by atoms with Crippen molar-refractivity contribution in [2.75, 3.05) is 0 Å². The summed E-state index contributed by atoms with van der Waals surface area (Å²) in [6, 6.07) is 10.4. The van der Waals surface area contributed by atoms with Crippen molar-refractivity contribution in [1.29, 1.82) is 0 Å². The Morgan fingerprint density at radius 3 is 2.46 bits per heavy atom. The van der Waals surface area contributed by atoms with Crippen molar-refractivity contribution in [1.82, 2.24) is 9.97 Å². The number of nitrogens with zero attached hydrogens (tertiary/aromatic N) is 2. The zero-order valence-electron chi connectivity index (χ0n) is 6.74. The molecule has 0 saturated heterocycles. The predicted octanol–water partition coefficient (Wildman–Crippen LogP) is 2.60. The summed E-state index contributed by atoms with van der Waals surface area (Å²) in [7, 11) is 0. The van der Waals surface area contributed by atoms with Gasteiger partial charge in [-0.15, -0.1) is 0 Å². The van der Waals surface area contributed by atoms with Crippen molar-refractivity contribution < 1.29 is 0 Å². The van der Waals surface area contributed by atoms with Gasteiger partial charge < -0.3 is 0 Å². The lowest BCUT2D eigenvalue weighted by molar-refractivity contribution is 1.21. The number of hydrogen-bond donors (Lipinski definition) is 0. The molecular formula is C10H6ClN2. The average molecular weight is 190 g/mol. The molecule has 1 aromatic heterocycles. The largest absolute Gasteiger partial charge is 0.251 e. The second-order valence-corrected chi connectivity index (χ2v) is 2.84. The van der Waals surface area contributed by atoms with Crippen LogP contribution in [0.4, 0.5) is 0 Å². The Hall–Kier alpha value is -1.41. The zero-order chi connectivity index (χ0) is 9.10. The lowest BCUT2D eigenvalue weighted by Crippen LogP contribution is -1.86. The molecule has 2 aromatic rings. The molecule has 0 fully saturated rings. The van der Waals surface area contributed by atoms with Gasteiger partial charge in [0.05, 0.1) is 0 Å². The van der Waals surface area contributed by atoms with Crippen LogP contribution in [0.3, 0.4) is 0 Å². The molecule has 13 heavy (non-hydrogen) atoms. The zero-order valence-corrected chi connectivity index (χ0v) is 7.49. The van der Waals surface area contributed by atoms with E-state index in [0.29, 0.717) is 10.8 Å². The Balaban J connectivity index is 2.54. The maximum Gasteiger partial charge on any atom is 0.155 e. The van der Waals surface area contributed by atoms with Crippen LogP contribution in [0.5, 0.6) is 0 Å². The topological polar surface area (TPSA) is 25.8 Å². The van der Waals surface area contributed by atoms with E-state index in [1.165, 1.54) is 0 Å². The summed E-state index contributed by atoms with van der Waals surface area (Å²) in [5.74, 6) is 0. The SMILES string of the molecule is Clc1nccnc1-c1cc[c]cc1. The minimum absolute atomic E-state index is 0.425. The normalized spacial score (nSPS) is 9.92. The quantitative estimate of drug-likeness (QED) is 0.689. The highest BCUT2D eigenvalue weighted by Crippen LogP contribution is 2.21. The average Bonchev–Trinajstić information content (AvgIpc) is 2.20. The fourth-order valence-electron chi connectivity index (χ4n) is 1.06. The lowest BCUT2D eigenvalue weighted by Gasteiger charge is -2.00. The first-order valence-corrected chi connectivity index (χ1v) is 4.19. The van der Waals surface area contributed by atoms with Gasteiger partial charge in [-0.2, -0.15) is 0 Å². The molecule has 0 atom stereocenters. The summed E-state index contributed by atoms with van der Waals surface area (Å²) in [5.41, 5.74) is 1.66. The van der Waals surface area contributed by atoms with E-state index >= 15 is 0 Å². The van der Waals surface area contributed by atoms with Gasteiger partial charge in [0.15, 0.2) is 5.15 Å². The maximum absolute atomic E-state index is 5.87. The molecule has 0 aliphatic heterocycles. The van der Waals surface area contributed by atoms with E-state index in [-0.39, 0.29) is 0 Å². The molecule has 2 rings (SSSR count). The minimum atomic E-state index is 0.425. The van der Waals surface area contributed by atoms with E-state index < -0.39 is 0 Å². The van der Waals surface area contributed by atoms with Gasteiger partial charge in [-0.3, -0.25) is 4.98 Å². The van der Waals surface area contributed by atoms with Crippen LogP contribution < -0.4 is 0 Å². The third-order valence-electron chi connectivity index (χ3n) is 1.65. The Labute approximate surface area is 81.2 Å². The van der Waals surface area contributed by atoms with Crippen LogP contribution in [0.1, 0.15) is 0 Å². The molecule has 0 spiro atoms. The van der Waals surface area contributed by atoms with E-state index in [4.69, 9.17) is 11.6 Å². The first-order valence-electron chi connectivity index (χ1n) is 3.81. The first-order chi connectivity index (χ1) is 6.38. The van der Waals surface area contributed by atoms with E-state index in [0.717, 1.165) is 5.56 Å². The highest BCUT2D eigenvalue weighted by Gasteiger charge is 2.03. The number of hydrogen-bond acceptors (Lipinski definition) is 2. The highest BCUT2D eigenvalue weighted by molar-refractivity contribution is 6.31. The molecular weight excluding hydrogens is 184 g/mol. The van der Waals surface area contributed by atoms with Gasteiger partial charge in [0.1, 0.15) is 5.69 Å². The van der Waals surface area contributed by atoms with E-state index in [1.807, 2.05) is 24.3 Å². The van der Waals surface area contributed by atoms with Crippen molar-refractivity contribution >= 4 is 11.6 Å². The van der Waals surface area contributed by atoms with Crippen molar-refractivity contribution in [3.05, 3.63) is 47.9 Å². The third kappa shape index (κ3) is 1.68. The van der Waals surface area contributed by atoms with Crippen LogP contribution in [-0.4, -0.2) is 9.97 Å². The molecule has 0 amide bonds. The number of benzene rings is 1. The first kappa shape index (κ1) is 8.20. The molecule has 2 nitrogen and oxygen atoms in total. The molecule has 63 valence electrons. The van der Waals surface area contributed by atoms with Crippen LogP contribution in [0, 0.1) is 6.07 Å². The van der Waals surface area contributed by atoms with Crippen LogP contribution in [0.15, 0.2) is 36.7 Å². The fourth-order valence-corrected chi connectivity index (χ4v) is 1.27. The van der Waals surface area contributed by atoms with Crippen molar-refractivity contribution in [3.8, 4) is 11.3 Å².